The summed E-state index contributed by atoms with van der Waals surface area (Å²) in [4.78, 5) is 21.8. The van der Waals surface area contributed by atoms with Crippen LogP contribution in [0.25, 0.3) is 0 Å². The Balaban J connectivity index is 2.89. The van der Waals surface area contributed by atoms with Crippen LogP contribution in [0, 0.1) is 0 Å². The monoisotopic (exact) mass is 181 g/mol. The minimum Gasteiger partial charge on any atom is -0.442 e. The molecule has 0 saturated heterocycles. The van der Waals surface area contributed by atoms with Crippen LogP contribution in [0.1, 0.15) is 20.1 Å². The summed E-state index contributed by atoms with van der Waals surface area (Å²) < 4.78 is 6.19. The number of carbonyl (C=O) groups is 1. The van der Waals surface area contributed by atoms with Crippen LogP contribution >= 0.6 is 0 Å². The van der Waals surface area contributed by atoms with E-state index in [1.165, 1.54) is 17.6 Å². The van der Waals surface area contributed by atoms with E-state index in [9.17, 15) is 9.59 Å². The lowest BCUT2D eigenvalue weighted by Crippen LogP contribution is -2.24. The first-order valence-electron chi connectivity index (χ1n) is 3.95. The minimum absolute atomic E-state index is 0.184. The van der Waals surface area contributed by atoms with Crippen LogP contribution in [0.5, 0.6) is 0 Å². The van der Waals surface area contributed by atoms with Gasteiger partial charge in [0.2, 0.25) is 0 Å². The van der Waals surface area contributed by atoms with Gasteiger partial charge < -0.3 is 4.74 Å². The van der Waals surface area contributed by atoms with Crippen LogP contribution < -0.4 is 5.56 Å². The lowest BCUT2D eigenvalue weighted by molar-refractivity contribution is -0.149. The van der Waals surface area contributed by atoms with Gasteiger partial charge in [0.25, 0.3) is 5.56 Å². The molecule has 1 rings (SSSR count). The molecule has 0 aliphatic carbocycles. The van der Waals surface area contributed by atoms with Gasteiger partial charge in [-0.05, 0) is 13.0 Å². The van der Waals surface area contributed by atoms with Gasteiger partial charge in [-0.25, -0.2) is 0 Å². The van der Waals surface area contributed by atoms with E-state index >= 15 is 0 Å². The number of esters is 1. The van der Waals surface area contributed by atoms with Crippen molar-refractivity contribution >= 4 is 5.97 Å². The highest BCUT2D eigenvalue weighted by Gasteiger charge is 2.07. The number of nitrogens with zero attached hydrogens (tertiary/aromatic N) is 1. The van der Waals surface area contributed by atoms with Crippen LogP contribution in [0.4, 0.5) is 0 Å². The molecule has 0 aliphatic heterocycles. The number of hydrogen-bond acceptors (Lipinski definition) is 3. The molecule has 0 spiro atoms. The van der Waals surface area contributed by atoms with Crippen molar-refractivity contribution in [3.05, 3.63) is 34.7 Å². The Hall–Kier alpha value is -1.58. The number of pyridine rings is 1. The van der Waals surface area contributed by atoms with E-state index in [-0.39, 0.29) is 5.56 Å². The predicted molar refractivity (Wildman–Crippen MR) is 47.2 cm³/mol. The summed E-state index contributed by atoms with van der Waals surface area (Å²) in [5.41, 5.74) is -0.184. The zero-order valence-corrected chi connectivity index (χ0v) is 7.56. The summed E-state index contributed by atoms with van der Waals surface area (Å²) in [7, 11) is 0. The summed E-state index contributed by atoms with van der Waals surface area (Å²) in [5, 5.41) is 0. The van der Waals surface area contributed by atoms with Crippen molar-refractivity contribution in [1.82, 2.24) is 4.57 Å². The molecule has 0 amide bonds. The quantitative estimate of drug-likeness (QED) is 0.638. The van der Waals surface area contributed by atoms with Crippen molar-refractivity contribution in [2.75, 3.05) is 0 Å². The topological polar surface area (TPSA) is 48.3 Å². The summed E-state index contributed by atoms with van der Waals surface area (Å²) in [6.45, 7) is 2.95. The molecule has 4 nitrogen and oxygen atoms in total. The Kier molecular flexibility index (Phi) is 2.84. The first-order valence-corrected chi connectivity index (χ1v) is 3.95. The smallest absolute Gasteiger partial charge is 0.304 e. The lowest BCUT2D eigenvalue weighted by Gasteiger charge is -2.13. The number of carbonyl (C=O) groups excluding carboxylic acids is 1. The minimum atomic E-state index is -0.550. The predicted octanol–water partition coefficient (Wildman–Crippen LogP) is 0.930. The standard InChI is InChI=1S/C9H11NO3/c1-7(13-8(2)11)10-6-4-3-5-9(10)12/h3-7H,1-2H3. The molecule has 1 aromatic rings. The Bertz CT molecular complexity index is 356. The largest absolute Gasteiger partial charge is 0.442 e. The van der Waals surface area contributed by atoms with Gasteiger partial charge in [0.1, 0.15) is 0 Å². The molecule has 0 aliphatic rings. The van der Waals surface area contributed by atoms with Gasteiger partial charge >= 0.3 is 5.97 Å². The van der Waals surface area contributed by atoms with Crippen molar-refractivity contribution in [2.45, 2.75) is 20.1 Å². The third kappa shape index (κ3) is 2.43. The highest BCUT2D eigenvalue weighted by Crippen LogP contribution is 2.03. The molecule has 0 radical (unpaired) electrons. The van der Waals surface area contributed by atoms with Crippen molar-refractivity contribution in [1.29, 1.82) is 0 Å². The van der Waals surface area contributed by atoms with Crippen LogP contribution in [-0.4, -0.2) is 10.5 Å². The van der Waals surface area contributed by atoms with E-state index in [2.05, 4.69) is 0 Å². The number of aromatic nitrogens is 1. The van der Waals surface area contributed by atoms with Crippen LogP contribution in [0.2, 0.25) is 0 Å². The molecule has 0 bridgehead atoms. The molecule has 0 aromatic carbocycles. The average Bonchev–Trinajstić information content (AvgIpc) is 2.03. The molecule has 4 heteroatoms. The maximum atomic E-state index is 11.2. The van der Waals surface area contributed by atoms with Gasteiger partial charge in [-0.3, -0.25) is 14.2 Å². The van der Waals surface area contributed by atoms with Gasteiger partial charge in [-0.1, -0.05) is 6.07 Å². The zero-order chi connectivity index (χ0) is 9.84. The molecule has 0 fully saturated rings. The van der Waals surface area contributed by atoms with E-state index in [1.54, 1.807) is 25.3 Å². The number of rotatable bonds is 2. The van der Waals surface area contributed by atoms with Crippen molar-refractivity contribution in [3.8, 4) is 0 Å². The summed E-state index contributed by atoms with van der Waals surface area (Å²) in [5.74, 6) is -0.400. The van der Waals surface area contributed by atoms with Crippen LogP contribution in [0.15, 0.2) is 29.2 Å². The number of hydrogen-bond donors (Lipinski definition) is 0. The Labute approximate surface area is 75.8 Å². The summed E-state index contributed by atoms with van der Waals surface area (Å²) >= 11 is 0. The molecule has 70 valence electrons. The van der Waals surface area contributed by atoms with Crippen LogP contribution in [0.3, 0.4) is 0 Å². The fraction of sp³-hybridized carbons (Fsp3) is 0.333. The fourth-order valence-corrected chi connectivity index (χ4v) is 1.04. The molecule has 1 unspecified atom stereocenters. The second-order valence-electron chi connectivity index (χ2n) is 2.65. The molecular weight excluding hydrogens is 170 g/mol. The second-order valence-corrected chi connectivity index (χ2v) is 2.65. The van der Waals surface area contributed by atoms with Crippen LogP contribution in [-0.2, 0) is 9.53 Å². The van der Waals surface area contributed by atoms with E-state index in [0.29, 0.717) is 0 Å². The highest BCUT2D eigenvalue weighted by molar-refractivity contribution is 5.65. The second kappa shape index (κ2) is 3.89. The van der Waals surface area contributed by atoms with Gasteiger partial charge in [0.05, 0.1) is 0 Å². The lowest BCUT2D eigenvalue weighted by atomic mass is 10.4. The molecule has 1 heterocycles. The van der Waals surface area contributed by atoms with Crippen molar-refractivity contribution in [3.63, 3.8) is 0 Å². The first kappa shape index (κ1) is 9.51. The molecule has 13 heavy (non-hydrogen) atoms. The molecule has 1 aromatic heterocycles. The maximum absolute atomic E-state index is 11.2. The highest BCUT2D eigenvalue weighted by atomic mass is 16.6. The average molecular weight is 181 g/mol. The van der Waals surface area contributed by atoms with E-state index < -0.39 is 12.2 Å². The molecule has 0 N–H and O–H groups in total. The molecule has 1 atom stereocenters. The van der Waals surface area contributed by atoms with E-state index in [4.69, 9.17) is 4.74 Å². The van der Waals surface area contributed by atoms with Gasteiger partial charge in [0.15, 0.2) is 6.23 Å². The summed E-state index contributed by atoms with van der Waals surface area (Å²) in [6, 6.07) is 4.76. The first-order chi connectivity index (χ1) is 6.11. The number of ether oxygens (including phenoxy) is 1. The van der Waals surface area contributed by atoms with E-state index in [0.717, 1.165) is 0 Å². The SMILES string of the molecule is CC(=O)OC(C)n1ccccc1=O. The van der Waals surface area contributed by atoms with Crippen molar-refractivity contribution < 1.29 is 9.53 Å². The maximum Gasteiger partial charge on any atom is 0.304 e. The fourth-order valence-electron chi connectivity index (χ4n) is 1.04. The molecular formula is C9H11NO3. The third-order valence-corrected chi connectivity index (χ3v) is 1.58. The van der Waals surface area contributed by atoms with E-state index in [1.807, 2.05) is 0 Å². The Morgan fingerprint density at radius 3 is 2.77 bits per heavy atom. The zero-order valence-electron chi connectivity index (χ0n) is 7.56. The Morgan fingerprint density at radius 1 is 1.54 bits per heavy atom. The van der Waals surface area contributed by atoms with Gasteiger partial charge in [-0.2, -0.15) is 0 Å². The Morgan fingerprint density at radius 2 is 2.23 bits per heavy atom. The third-order valence-electron chi connectivity index (χ3n) is 1.58. The van der Waals surface area contributed by atoms with Gasteiger partial charge in [-0.15, -0.1) is 0 Å². The van der Waals surface area contributed by atoms with Gasteiger partial charge in [0, 0.05) is 19.2 Å². The summed E-state index contributed by atoms with van der Waals surface area (Å²) in [6.07, 6.45) is 1.03. The molecule has 0 saturated carbocycles. The van der Waals surface area contributed by atoms with Crippen molar-refractivity contribution in [2.24, 2.45) is 0 Å². The normalized spacial score (nSPS) is 12.2.